The molecule has 2 rings (SSSR count). The van der Waals surface area contributed by atoms with Gasteiger partial charge in [0.1, 0.15) is 0 Å². The summed E-state index contributed by atoms with van der Waals surface area (Å²) in [6.07, 6.45) is 6.66. The Hall–Kier alpha value is -2.02. The molecule has 0 aliphatic heterocycles. The molecule has 0 aliphatic rings. The molecule has 0 N–H and O–H groups in total. The van der Waals surface area contributed by atoms with Crippen molar-refractivity contribution in [3.05, 3.63) is 72.9 Å². The molecule has 0 spiro atoms. The molecular weight excluding hydrogens is 218 g/mol. The van der Waals surface area contributed by atoms with E-state index >= 15 is 0 Å². The molecule has 0 saturated heterocycles. The van der Waals surface area contributed by atoms with Crippen LogP contribution in [0.3, 0.4) is 0 Å². The van der Waals surface area contributed by atoms with Crippen LogP contribution in [0.5, 0.6) is 0 Å². The van der Waals surface area contributed by atoms with Crippen LogP contribution in [0.4, 0.5) is 11.4 Å². The van der Waals surface area contributed by atoms with Crippen molar-refractivity contribution in [1.29, 1.82) is 0 Å². The van der Waals surface area contributed by atoms with Crippen LogP contribution in [-0.4, -0.2) is 0 Å². The molecule has 1 heteroatoms. The quantitative estimate of drug-likeness (QED) is 0.696. The van der Waals surface area contributed by atoms with Gasteiger partial charge in [-0.2, -0.15) is 0 Å². The van der Waals surface area contributed by atoms with Gasteiger partial charge in [-0.1, -0.05) is 55.8 Å². The average Bonchev–Trinajstić information content (AvgIpc) is 2.46. The zero-order valence-corrected chi connectivity index (χ0v) is 10.8. The zero-order chi connectivity index (χ0) is 12.6. The van der Waals surface area contributed by atoms with E-state index in [2.05, 4.69) is 72.6 Å². The number of benzene rings is 2. The van der Waals surface area contributed by atoms with Crippen molar-refractivity contribution >= 4 is 11.4 Å². The molecule has 2 aromatic carbocycles. The Morgan fingerprint density at radius 3 is 1.78 bits per heavy atom. The van der Waals surface area contributed by atoms with Crippen LogP contribution < -0.4 is 4.90 Å². The SMILES string of the molecule is CCCC=CN(c1ccccc1)c1ccccc1. The minimum Gasteiger partial charge on any atom is -0.318 e. The summed E-state index contributed by atoms with van der Waals surface area (Å²) >= 11 is 0. The molecule has 0 unspecified atom stereocenters. The van der Waals surface area contributed by atoms with E-state index in [1.54, 1.807) is 0 Å². The first-order valence-electron chi connectivity index (χ1n) is 6.48. The van der Waals surface area contributed by atoms with Crippen molar-refractivity contribution in [2.45, 2.75) is 19.8 Å². The molecule has 18 heavy (non-hydrogen) atoms. The normalized spacial score (nSPS) is 10.7. The Morgan fingerprint density at radius 2 is 1.33 bits per heavy atom. The van der Waals surface area contributed by atoms with E-state index in [1.807, 2.05) is 12.1 Å². The van der Waals surface area contributed by atoms with Gasteiger partial charge in [-0.05, 0) is 30.7 Å². The topological polar surface area (TPSA) is 3.24 Å². The standard InChI is InChI=1S/C17H19N/c1-2-3-10-15-18(16-11-6-4-7-12-16)17-13-8-5-9-14-17/h4-15H,2-3H2,1H3. The lowest BCUT2D eigenvalue weighted by atomic mass is 10.2. The molecule has 2 aromatic rings. The van der Waals surface area contributed by atoms with Crippen LogP contribution in [0.15, 0.2) is 72.9 Å². The molecule has 0 aliphatic carbocycles. The first-order valence-corrected chi connectivity index (χ1v) is 6.48. The van der Waals surface area contributed by atoms with Gasteiger partial charge < -0.3 is 4.90 Å². The number of allylic oxidation sites excluding steroid dienone is 1. The Kier molecular flexibility index (Phi) is 4.60. The summed E-state index contributed by atoms with van der Waals surface area (Å²) in [5, 5.41) is 0. The van der Waals surface area contributed by atoms with Crippen LogP contribution in [0.1, 0.15) is 19.8 Å². The van der Waals surface area contributed by atoms with E-state index in [4.69, 9.17) is 0 Å². The van der Waals surface area contributed by atoms with Crippen LogP contribution in [0.25, 0.3) is 0 Å². The van der Waals surface area contributed by atoms with Gasteiger partial charge in [0, 0.05) is 17.6 Å². The number of hydrogen-bond acceptors (Lipinski definition) is 1. The van der Waals surface area contributed by atoms with Gasteiger partial charge in [0.2, 0.25) is 0 Å². The van der Waals surface area contributed by atoms with Crippen molar-refractivity contribution < 1.29 is 0 Å². The highest BCUT2D eigenvalue weighted by molar-refractivity contribution is 5.65. The fourth-order valence-corrected chi connectivity index (χ4v) is 1.85. The summed E-state index contributed by atoms with van der Waals surface area (Å²) in [4.78, 5) is 2.22. The van der Waals surface area contributed by atoms with Crippen molar-refractivity contribution in [3.8, 4) is 0 Å². The number of anilines is 2. The smallest absolute Gasteiger partial charge is 0.0455 e. The van der Waals surface area contributed by atoms with Crippen molar-refractivity contribution in [3.63, 3.8) is 0 Å². The minimum atomic E-state index is 1.11. The maximum absolute atomic E-state index is 2.22. The van der Waals surface area contributed by atoms with Gasteiger partial charge in [0.05, 0.1) is 0 Å². The van der Waals surface area contributed by atoms with Crippen LogP contribution >= 0.6 is 0 Å². The third-order valence-electron chi connectivity index (χ3n) is 2.78. The zero-order valence-electron chi connectivity index (χ0n) is 10.8. The van der Waals surface area contributed by atoms with Crippen molar-refractivity contribution in [1.82, 2.24) is 0 Å². The highest BCUT2D eigenvalue weighted by atomic mass is 15.1. The van der Waals surface area contributed by atoms with Gasteiger partial charge in [-0.25, -0.2) is 0 Å². The summed E-state index contributed by atoms with van der Waals surface area (Å²) in [7, 11) is 0. The lowest BCUT2D eigenvalue weighted by Gasteiger charge is -2.20. The Balaban J connectivity index is 2.29. The summed E-state index contributed by atoms with van der Waals surface area (Å²) in [6, 6.07) is 20.9. The maximum Gasteiger partial charge on any atom is 0.0455 e. The van der Waals surface area contributed by atoms with E-state index in [0.29, 0.717) is 0 Å². The van der Waals surface area contributed by atoms with Crippen LogP contribution in [0.2, 0.25) is 0 Å². The molecule has 0 heterocycles. The third-order valence-corrected chi connectivity index (χ3v) is 2.78. The molecule has 0 bridgehead atoms. The molecule has 0 saturated carbocycles. The fourth-order valence-electron chi connectivity index (χ4n) is 1.85. The molecular formula is C17H19N. The Morgan fingerprint density at radius 1 is 0.833 bits per heavy atom. The first-order chi connectivity index (χ1) is 8.92. The lowest BCUT2D eigenvalue weighted by molar-refractivity contribution is 0.954. The average molecular weight is 237 g/mol. The molecule has 0 atom stereocenters. The van der Waals surface area contributed by atoms with Gasteiger partial charge in [-0.15, -0.1) is 0 Å². The van der Waals surface area contributed by atoms with Gasteiger partial charge in [-0.3, -0.25) is 0 Å². The second-order valence-electron chi connectivity index (χ2n) is 4.21. The monoisotopic (exact) mass is 237 g/mol. The number of hydrogen-bond donors (Lipinski definition) is 0. The van der Waals surface area contributed by atoms with E-state index in [-0.39, 0.29) is 0 Å². The number of para-hydroxylation sites is 2. The Bertz CT molecular complexity index is 434. The predicted molar refractivity (Wildman–Crippen MR) is 79.1 cm³/mol. The second-order valence-corrected chi connectivity index (χ2v) is 4.21. The van der Waals surface area contributed by atoms with Crippen molar-refractivity contribution in [2.75, 3.05) is 4.90 Å². The molecule has 0 fully saturated rings. The van der Waals surface area contributed by atoms with E-state index in [0.717, 1.165) is 6.42 Å². The molecule has 0 aromatic heterocycles. The minimum absolute atomic E-state index is 1.11. The first kappa shape index (κ1) is 12.4. The number of unbranched alkanes of at least 4 members (excludes halogenated alkanes) is 1. The molecule has 1 nitrogen and oxygen atoms in total. The van der Waals surface area contributed by atoms with Crippen molar-refractivity contribution in [2.24, 2.45) is 0 Å². The largest absolute Gasteiger partial charge is 0.318 e. The molecule has 0 amide bonds. The summed E-state index contributed by atoms with van der Waals surface area (Å²) in [5.74, 6) is 0. The Labute approximate surface area is 109 Å². The maximum atomic E-state index is 2.22. The highest BCUT2D eigenvalue weighted by Gasteiger charge is 2.03. The highest BCUT2D eigenvalue weighted by Crippen LogP contribution is 2.25. The second kappa shape index (κ2) is 6.65. The summed E-state index contributed by atoms with van der Waals surface area (Å²) in [5.41, 5.74) is 2.38. The van der Waals surface area contributed by atoms with Gasteiger partial charge in [0.25, 0.3) is 0 Å². The van der Waals surface area contributed by atoms with E-state index in [1.165, 1.54) is 17.8 Å². The van der Waals surface area contributed by atoms with Gasteiger partial charge >= 0.3 is 0 Å². The lowest BCUT2D eigenvalue weighted by Crippen LogP contribution is -2.07. The summed E-state index contributed by atoms with van der Waals surface area (Å²) in [6.45, 7) is 2.19. The predicted octanol–water partition coefficient (Wildman–Crippen LogP) is 5.14. The van der Waals surface area contributed by atoms with E-state index < -0.39 is 0 Å². The van der Waals surface area contributed by atoms with Gasteiger partial charge in [0.15, 0.2) is 0 Å². The molecule has 0 radical (unpaired) electrons. The van der Waals surface area contributed by atoms with Crippen LogP contribution in [0, 0.1) is 0 Å². The van der Waals surface area contributed by atoms with Crippen LogP contribution in [-0.2, 0) is 0 Å². The van der Waals surface area contributed by atoms with E-state index in [9.17, 15) is 0 Å². The third kappa shape index (κ3) is 3.24. The number of rotatable bonds is 5. The molecule has 92 valence electrons. The summed E-state index contributed by atoms with van der Waals surface area (Å²) < 4.78 is 0. The fraction of sp³-hybridized carbons (Fsp3) is 0.176. The number of nitrogens with zero attached hydrogens (tertiary/aromatic N) is 1.